The van der Waals surface area contributed by atoms with E-state index in [1.54, 1.807) is 24.3 Å². The molecule has 0 aliphatic heterocycles. The van der Waals surface area contributed by atoms with Crippen molar-refractivity contribution in [2.24, 2.45) is 16.6 Å². The molecule has 0 saturated heterocycles. The second-order valence-electron chi connectivity index (χ2n) is 3.57. The summed E-state index contributed by atoms with van der Waals surface area (Å²) in [5.74, 6) is -0.355. The Morgan fingerprint density at radius 3 is 2.41 bits per heavy atom. The van der Waals surface area contributed by atoms with Crippen LogP contribution >= 0.6 is 0 Å². The summed E-state index contributed by atoms with van der Waals surface area (Å²) in [6.45, 7) is 1.91. The lowest BCUT2D eigenvalue weighted by molar-refractivity contribution is 0.100. The Balaban J connectivity index is 2.77. The summed E-state index contributed by atoms with van der Waals surface area (Å²) in [5.41, 5.74) is 11.9. The van der Waals surface area contributed by atoms with Crippen molar-refractivity contribution in [1.82, 2.24) is 0 Å². The highest BCUT2D eigenvalue weighted by Gasteiger charge is 2.11. The number of benzene rings is 1. The number of primary amides is 1. The van der Waals surface area contributed by atoms with Crippen LogP contribution in [0, 0.1) is 0 Å². The Hall–Kier alpha value is -2.24. The fourth-order valence-corrected chi connectivity index (χ4v) is 1.39. The van der Waals surface area contributed by atoms with Crippen molar-refractivity contribution in [2.75, 3.05) is 5.32 Å². The first-order chi connectivity index (χ1) is 8.08. The first kappa shape index (κ1) is 12.8. The quantitative estimate of drug-likeness (QED) is 0.261. The van der Waals surface area contributed by atoms with Gasteiger partial charge >= 0.3 is 0 Å². The second kappa shape index (κ2) is 5.74. The van der Waals surface area contributed by atoms with Gasteiger partial charge in [0.1, 0.15) is 0 Å². The predicted molar refractivity (Wildman–Crippen MR) is 66.1 cm³/mol. The average Bonchev–Trinajstić information content (AvgIpc) is 2.35. The number of amides is 1. The highest BCUT2D eigenvalue weighted by atomic mass is 16.4. The Labute approximate surface area is 99.3 Å². The highest BCUT2D eigenvalue weighted by molar-refractivity contribution is 5.93. The molecule has 0 spiro atoms. The van der Waals surface area contributed by atoms with Gasteiger partial charge in [-0.25, -0.2) is 0 Å². The maximum atomic E-state index is 10.9. The first-order valence-corrected chi connectivity index (χ1v) is 5.22. The predicted octanol–water partition coefficient (Wildman–Crippen LogP) is 0.722. The van der Waals surface area contributed by atoms with Crippen molar-refractivity contribution in [2.45, 2.75) is 19.4 Å². The zero-order valence-electron chi connectivity index (χ0n) is 9.55. The Bertz CT molecular complexity index is 414. The minimum absolute atomic E-state index is 0.117. The van der Waals surface area contributed by atoms with Gasteiger partial charge in [0.2, 0.25) is 5.91 Å². The first-order valence-electron chi connectivity index (χ1n) is 5.22. The lowest BCUT2D eigenvalue weighted by Gasteiger charge is -2.16. The molecule has 1 aromatic rings. The average molecular weight is 236 g/mol. The van der Waals surface area contributed by atoms with E-state index in [2.05, 4.69) is 10.5 Å². The number of nitrogens with two attached hydrogens (primary N) is 2. The van der Waals surface area contributed by atoms with Gasteiger partial charge in [-0.2, -0.15) is 0 Å². The van der Waals surface area contributed by atoms with E-state index in [1.165, 1.54) is 0 Å². The van der Waals surface area contributed by atoms with E-state index in [-0.39, 0.29) is 11.9 Å². The maximum absolute atomic E-state index is 10.9. The van der Waals surface area contributed by atoms with Crippen LogP contribution in [0.15, 0.2) is 29.4 Å². The molecule has 6 heteroatoms. The summed E-state index contributed by atoms with van der Waals surface area (Å²) in [4.78, 5) is 10.9. The van der Waals surface area contributed by atoms with Gasteiger partial charge in [0.15, 0.2) is 5.84 Å². The molecule has 6 nitrogen and oxygen atoms in total. The van der Waals surface area contributed by atoms with Gasteiger partial charge in [0.05, 0.1) is 6.04 Å². The number of carbonyl (C=O) groups excluding carboxylic acids is 1. The summed E-state index contributed by atoms with van der Waals surface area (Å²) < 4.78 is 0. The molecule has 1 aromatic carbocycles. The van der Waals surface area contributed by atoms with E-state index in [1.807, 2.05) is 6.92 Å². The number of hydrogen-bond donors (Lipinski definition) is 4. The summed E-state index contributed by atoms with van der Waals surface area (Å²) in [7, 11) is 0. The summed E-state index contributed by atoms with van der Waals surface area (Å²) in [5, 5.41) is 14.6. The van der Waals surface area contributed by atoms with Crippen LogP contribution in [0.3, 0.4) is 0 Å². The number of oxime groups is 1. The van der Waals surface area contributed by atoms with E-state index in [0.717, 1.165) is 5.69 Å². The van der Waals surface area contributed by atoms with Crippen LogP contribution in [0.1, 0.15) is 23.7 Å². The molecule has 1 rings (SSSR count). The van der Waals surface area contributed by atoms with Crippen molar-refractivity contribution in [3.05, 3.63) is 29.8 Å². The smallest absolute Gasteiger partial charge is 0.248 e. The third-order valence-corrected chi connectivity index (χ3v) is 2.39. The molecule has 0 aromatic heterocycles. The van der Waals surface area contributed by atoms with Crippen LogP contribution < -0.4 is 16.8 Å². The minimum Gasteiger partial charge on any atom is -0.409 e. The molecule has 0 heterocycles. The van der Waals surface area contributed by atoms with Gasteiger partial charge < -0.3 is 22.0 Å². The highest BCUT2D eigenvalue weighted by Crippen LogP contribution is 2.11. The fraction of sp³-hybridized carbons (Fsp3) is 0.273. The lowest BCUT2D eigenvalue weighted by atomic mass is 10.1. The molecule has 17 heavy (non-hydrogen) atoms. The minimum atomic E-state index is -0.472. The number of nitrogens with one attached hydrogen (secondary N) is 1. The Kier molecular flexibility index (Phi) is 4.33. The SMILES string of the molecule is CCC(Nc1ccc(C(N)=O)cc1)C(N)=NO. The summed E-state index contributed by atoms with van der Waals surface area (Å²) >= 11 is 0. The monoisotopic (exact) mass is 236 g/mol. The van der Waals surface area contributed by atoms with E-state index in [4.69, 9.17) is 16.7 Å². The van der Waals surface area contributed by atoms with Gasteiger partial charge in [-0.1, -0.05) is 12.1 Å². The van der Waals surface area contributed by atoms with Crippen LogP contribution in [-0.2, 0) is 0 Å². The van der Waals surface area contributed by atoms with E-state index in [0.29, 0.717) is 12.0 Å². The Morgan fingerprint density at radius 1 is 1.41 bits per heavy atom. The van der Waals surface area contributed by atoms with Crippen LogP contribution in [0.25, 0.3) is 0 Å². The molecular formula is C11H16N4O2. The topological polar surface area (TPSA) is 114 Å². The van der Waals surface area contributed by atoms with Crippen molar-refractivity contribution < 1.29 is 10.0 Å². The zero-order valence-corrected chi connectivity index (χ0v) is 9.55. The van der Waals surface area contributed by atoms with Crippen molar-refractivity contribution in [1.29, 1.82) is 0 Å². The molecule has 0 radical (unpaired) electrons. The normalized spacial score (nSPS) is 13.1. The van der Waals surface area contributed by atoms with E-state index < -0.39 is 5.91 Å². The summed E-state index contributed by atoms with van der Waals surface area (Å²) in [6, 6.07) is 6.41. The van der Waals surface area contributed by atoms with E-state index >= 15 is 0 Å². The summed E-state index contributed by atoms with van der Waals surface area (Å²) in [6.07, 6.45) is 0.674. The van der Waals surface area contributed by atoms with Gasteiger partial charge in [-0.15, -0.1) is 0 Å². The molecule has 1 atom stereocenters. The molecule has 6 N–H and O–H groups in total. The largest absolute Gasteiger partial charge is 0.409 e. The fourth-order valence-electron chi connectivity index (χ4n) is 1.39. The molecule has 0 bridgehead atoms. The van der Waals surface area contributed by atoms with Crippen LogP contribution in [-0.4, -0.2) is 23.0 Å². The third-order valence-electron chi connectivity index (χ3n) is 2.39. The van der Waals surface area contributed by atoms with Crippen LogP contribution in [0.2, 0.25) is 0 Å². The molecule has 0 aliphatic rings. The molecule has 1 unspecified atom stereocenters. The van der Waals surface area contributed by atoms with Crippen molar-refractivity contribution >= 4 is 17.4 Å². The van der Waals surface area contributed by atoms with Gasteiger partial charge in [0, 0.05) is 11.3 Å². The lowest BCUT2D eigenvalue weighted by Crippen LogP contribution is -2.35. The standard InChI is InChI=1S/C11H16N4O2/c1-2-9(10(12)15-17)14-8-5-3-7(4-6-8)11(13)16/h3-6,9,14,17H,2H2,1H3,(H2,12,15)(H2,13,16). The molecule has 1 amide bonds. The Morgan fingerprint density at radius 2 is 2.00 bits per heavy atom. The molecular weight excluding hydrogens is 220 g/mol. The van der Waals surface area contributed by atoms with Crippen molar-refractivity contribution in [3.63, 3.8) is 0 Å². The van der Waals surface area contributed by atoms with E-state index in [9.17, 15) is 4.79 Å². The van der Waals surface area contributed by atoms with Gasteiger partial charge in [-0.3, -0.25) is 4.79 Å². The van der Waals surface area contributed by atoms with Gasteiger partial charge in [0.25, 0.3) is 0 Å². The van der Waals surface area contributed by atoms with Gasteiger partial charge in [-0.05, 0) is 30.7 Å². The third kappa shape index (κ3) is 3.37. The zero-order chi connectivity index (χ0) is 12.8. The molecule has 92 valence electrons. The van der Waals surface area contributed by atoms with Crippen LogP contribution in [0.4, 0.5) is 5.69 Å². The number of nitrogens with zero attached hydrogens (tertiary/aromatic N) is 1. The van der Waals surface area contributed by atoms with Crippen LogP contribution in [0.5, 0.6) is 0 Å². The second-order valence-corrected chi connectivity index (χ2v) is 3.57. The molecule has 0 aliphatic carbocycles. The number of rotatable bonds is 5. The molecule has 0 saturated carbocycles. The number of carbonyl (C=O) groups is 1. The number of amidine groups is 1. The number of hydrogen-bond acceptors (Lipinski definition) is 4. The number of anilines is 1. The molecule has 0 fully saturated rings. The van der Waals surface area contributed by atoms with Crippen molar-refractivity contribution in [3.8, 4) is 0 Å². The maximum Gasteiger partial charge on any atom is 0.248 e.